The van der Waals surface area contributed by atoms with Gasteiger partial charge in [0.05, 0.1) is 25.1 Å². The first-order valence-electron chi connectivity index (χ1n) is 9.45. The topological polar surface area (TPSA) is 114 Å². The van der Waals surface area contributed by atoms with Crippen LogP contribution in [0.4, 0.5) is 17.1 Å². The van der Waals surface area contributed by atoms with Crippen molar-refractivity contribution in [2.45, 2.75) is 20.8 Å². The van der Waals surface area contributed by atoms with Crippen molar-refractivity contribution >= 4 is 28.9 Å². The zero-order valence-electron chi connectivity index (χ0n) is 17.5. The second-order valence-electron chi connectivity index (χ2n) is 6.79. The molecular formula is C21H26N4O5. The number of nitro benzene ring substituents is 1. The number of carbonyl (C=O) groups excluding carboxylic acids is 2. The summed E-state index contributed by atoms with van der Waals surface area (Å²) < 4.78 is 5.13. The lowest BCUT2D eigenvalue weighted by molar-refractivity contribution is -0.384. The van der Waals surface area contributed by atoms with Crippen molar-refractivity contribution < 1.29 is 19.2 Å². The lowest BCUT2D eigenvalue weighted by Crippen LogP contribution is -2.38. The maximum Gasteiger partial charge on any atom is 0.293 e. The number of ether oxygens (including phenoxy) is 1. The molecule has 0 spiro atoms. The molecule has 0 aliphatic carbocycles. The number of methoxy groups -OCH3 is 1. The fourth-order valence-corrected chi connectivity index (χ4v) is 2.88. The molecule has 2 rings (SSSR count). The molecule has 0 bridgehead atoms. The number of nitrogens with one attached hydrogen (secondary N) is 2. The van der Waals surface area contributed by atoms with E-state index < -0.39 is 10.8 Å². The van der Waals surface area contributed by atoms with E-state index >= 15 is 0 Å². The average Bonchev–Trinajstić information content (AvgIpc) is 2.70. The molecule has 0 atom stereocenters. The number of hydrogen-bond donors (Lipinski definition) is 2. The fraction of sp³-hybridized carbons (Fsp3) is 0.333. The van der Waals surface area contributed by atoms with Crippen molar-refractivity contribution in [1.82, 2.24) is 4.90 Å². The monoisotopic (exact) mass is 414 g/mol. The molecule has 0 unspecified atom stereocenters. The van der Waals surface area contributed by atoms with E-state index in [0.717, 1.165) is 5.56 Å². The van der Waals surface area contributed by atoms with Gasteiger partial charge in [-0.15, -0.1) is 0 Å². The predicted molar refractivity (Wildman–Crippen MR) is 115 cm³/mol. The molecule has 2 aromatic rings. The van der Waals surface area contributed by atoms with Gasteiger partial charge in [0.2, 0.25) is 11.8 Å². The Balaban J connectivity index is 2.02. The smallest absolute Gasteiger partial charge is 0.293 e. The Labute approximate surface area is 175 Å². The minimum Gasteiger partial charge on any atom is -0.497 e. The molecule has 2 aromatic carbocycles. The number of likely N-dealkylation sites (N-methyl/N-ethyl adjacent to an activating group) is 1. The predicted octanol–water partition coefficient (Wildman–Crippen LogP) is 3.12. The molecule has 2 amide bonds. The minimum absolute atomic E-state index is 0.00395. The summed E-state index contributed by atoms with van der Waals surface area (Å²) in [5.41, 5.74) is 2.08. The molecule has 30 heavy (non-hydrogen) atoms. The van der Waals surface area contributed by atoms with E-state index in [9.17, 15) is 19.7 Å². The van der Waals surface area contributed by atoms with Gasteiger partial charge in [0.15, 0.2) is 0 Å². The van der Waals surface area contributed by atoms with E-state index in [2.05, 4.69) is 10.6 Å². The number of anilines is 2. The van der Waals surface area contributed by atoms with Gasteiger partial charge >= 0.3 is 0 Å². The van der Waals surface area contributed by atoms with Crippen LogP contribution in [0.3, 0.4) is 0 Å². The van der Waals surface area contributed by atoms with Gasteiger partial charge in [0.1, 0.15) is 11.4 Å². The van der Waals surface area contributed by atoms with Crippen molar-refractivity contribution in [3.8, 4) is 5.75 Å². The van der Waals surface area contributed by atoms with Crippen molar-refractivity contribution in [2.75, 3.05) is 37.4 Å². The Hall–Kier alpha value is -3.46. The van der Waals surface area contributed by atoms with Crippen LogP contribution in [0.25, 0.3) is 0 Å². The van der Waals surface area contributed by atoms with Crippen LogP contribution in [0.5, 0.6) is 5.75 Å². The second-order valence-corrected chi connectivity index (χ2v) is 6.79. The molecule has 0 aliphatic heterocycles. The van der Waals surface area contributed by atoms with Crippen LogP contribution in [-0.2, 0) is 9.59 Å². The third-order valence-corrected chi connectivity index (χ3v) is 4.71. The maximum absolute atomic E-state index is 12.5. The first-order valence-corrected chi connectivity index (χ1v) is 9.45. The molecule has 9 heteroatoms. The van der Waals surface area contributed by atoms with Gasteiger partial charge < -0.3 is 15.4 Å². The number of benzene rings is 2. The second kappa shape index (κ2) is 10.4. The van der Waals surface area contributed by atoms with Gasteiger partial charge in [-0.1, -0.05) is 19.1 Å². The van der Waals surface area contributed by atoms with E-state index in [1.54, 1.807) is 49.3 Å². The third-order valence-electron chi connectivity index (χ3n) is 4.71. The summed E-state index contributed by atoms with van der Waals surface area (Å²) in [5, 5.41) is 16.7. The fourth-order valence-electron chi connectivity index (χ4n) is 2.88. The molecule has 0 heterocycles. The summed E-state index contributed by atoms with van der Waals surface area (Å²) >= 11 is 0. The maximum atomic E-state index is 12.5. The first-order chi connectivity index (χ1) is 14.2. The van der Waals surface area contributed by atoms with Gasteiger partial charge in [0.25, 0.3) is 5.69 Å². The summed E-state index contributed by atoms with van der Waals surface area (Å²) in [5.74, 6) is -0.0897. The van der Waals surface area contributed by atoms with Gasteiger partial charge in [-0.3, -0.25) is 24.6 Å². The number of aryl methyl sites for hydroxylation is 1. The Morgan fingerprint density at radius 1 is 1.10 bits per heavy atom. The van der Waals surface area contributed by atoms with Crippen molar-refractivity contribution in [2.24, 2.45) is 0 Å². The molecule has 0 aliphatic rings. The summed E-state index contributed by atoms with van der Waals surface area (Å²) in [7, 11) is 1.54. The summed E-state index contributed by atoms with van der Waals surface area (Å²) in [6, 6.07) is 9.98. The number of nitro groups is 1. The Morgan fingerprint density at radius 2 is 1.77 bits per heavy atom. The van der Waals surface area contributed by atoms with E-state index in [4.69, 9.17) is 4.74 Å². The highest BCUT2D eigenvalue weighted by molar-refractivity contribution is 5.96. The lowest BCUT2D eigenvalue weighted by atomic mass is 10.1. The van der Waals surface area contributed by atoms with Crippen molar-refractivity contribution in [1.29, 1.82) is 0 Å². The number of nitrogens with zero attached hydrogens (tertiary/aromatic N) is 2. The zero-order chi connectivity index (χ0) is 22.3. The molecule has 160 valence electrons. The van der Waals surface area contributed by atoms with Crippen LogP contribution in [0, 0.1) is 24.0 Å². The van der Waals surface area contributed by atoms with Gasteiger partial charge in [0, 0.05) is 17.8 Å². The Kier molecular flexibility index (Phi) is 7.88. The molecule has 2 N–H and O–H groups in total. The number of amides is 2. The van der Waals surface area contributed by atoms with E-state index in [1.807, 2.05) is 13.8 Å². The average molecular weight is 414 g/mol. The highest BCUT2D eigenvalue weighted by atomic mass is 16.6. The van der Waals surface area contributed by atoms with Gasteiger partial charge in [-0.25, -0.2) is 0 Å². The van der Waals surface area contributed by atoms with Crippen LogP contribution in [-0.4, -0.2) is 48.4 Å². The highest BCUT2D eigenvalue weighted by Crippen LogP contribution is 2.30. The quantitative estimate of drug-likeness (QED) is 0.481. The molecule has 0 fully saturated rings. The zero-order valence-corrected chi connectivity index (χ0v) is 17.5. The van der Waals surface area contributed by atoms with Crippen molar-refractivity contribution in [3.05, 3.63) is 57.6 Å². The first kappa shape index (κ1) is 22.8. The largest absolute Gasteiger partial charge is 0.497 e. The van der Waals surface area contributed by atoms with Crippen LogP contribution < -0.4 is 15.4 Å². The molecule has 9 nitrogen and oxygen atoms in total. The summed E-state index contributed by atoms with van der Waals surface area (Å²) in [6.45, 7) is 5.73. The standard InChI is InChI=1S/C21H26N4O5/c1-5-24(12-19(26)22-16-7-6-8-17(11-16)30-4)13-20(27)23-21-15(3)14(2)9-10-18(21)25(28)29/h6-11H,5,12-13H2,1-4H3,(H,22,26)(H,23,27). The number of rotatable bonds is 9. The molecule has 0 radical (unpaired) electrons. The van der Waals surface area contributed by atoms with E-state index in [1.165, 1.54) is 6.07 Å². The van der Waals surface area contributed by atoms with Gasteiger partial charge in [-0.2, -0.15) is 0 Å². The Morgan fingerprint density at radius 3 is 2.37 bits per heavy atom. The van der Waals surface area contributed by atoms with Crippen molar-refractivity contribution in [3.63, 3.8) is 0 Å². The summed E-state index contributed by atoms with van der Waals surface area (Å²) in [6.07, 6.45) is 0. The Bertz CT molecular complexity index is 945. The van der Waals surface area contributed by atoms with Crippen LogP contribution >= 0.6 is 0 Å². The number of carbonyl (C=O) groups is 2. The lowest BCUT2D eigenvalue weighted by Gasteiger charge is -2.20. The van der Waals surface area contributed by atoms with E-state index in [-0.39, 0.29) is 30.4 Å². The van der Waals surface area contributed by atoms with Crippen LogP contribution in [0.2, 0.25) is 0 Å². The third kappa shape index (κ3) is 6.02. The van der Waals surface area contributed by atoms with E-state index in [0.29, 0.717) is 23.5 Å². The normalized spacial score (nSPS) is 10.6. The van der Waals surface area contributed by atoms with Crippen LogP contribution in [0.15, 0.2) is 36.4 Å². The minimum atomic E-state index is -0.527. The van der Waals surface area contributed by atoms with Crippen LogP contribution in [0.1, 0.15) is 18.1 Å². The van der Waals surface area contributed by atoms with Gasteiger partial charge in [-0.05, 0) is 43.7 Å². The number of hydrogen-bond acceptors (Lipinski definition) is 6. The molecular weight excluding hydrogens is 388 g/mol. The summed E-state index contributed by atoms with van der Waals surface area (Å²) in [4.78, 5) is 37.3. The SMILES string of the molecule is CCN(CC(=O)Nc1cccc(OC)c1)CC(=O)Nc1c([N+](=O)[O-])ccc(C)c1C. The molecule has 0 aromatic heterocycles. The molecule has 0 saturated carbocycles. The molecule has 0 saturated heterocycles. The highest BCUT2D eigenvalue weighted by Gasteiger charge is 2.21.